The molecule has 0 radical (unpaired) electrons. The zero-order chi connectivity index (χ0) is 23.8. The van der Waals surface area contributed by atoms with Crippen molar-refractivity contribution in [3.63, 3.8) is 0 Å². The summed E-state index contributed by atoms with van der Waals surface area (Å²) in [6.07, 6.45) is 6.48. The number of nitrogens with one attached hydrogen (secondary N) is 3. The Kier molecular flexibility index (Phi) is 6.88. The number of anilines is 1. The number of nitrogens with zero attached hydrogens (tertiary/aromatic N) is 1. The molecule has 0 spiro atoms. The van der Waals surface area contributed by atoms with Gasteiger partial charge in [-0.25, -0.2) is 8.42 Å². The lowest BCUT2D eigenvalue weighted by Gasteiger charge is -2.21. The summed E-state index contributed by atoms with van der Waals surface area (Å²) in [6.45, 7) is 1.84. The number of halogens is 3. The summed E-state index contributed by atoms with van der Waals surface area (Å²) in [5, 5.41) is 3.75. The lowest BCUT2D eigenvalue weighted by atomic mass is 10.1. The third-order valence-electron chi connectivity index (χ3n) is 4.79. The quantitative estimate of drug-likeness (QED) is 0.426. The van der Waals surface area contributed by atoms with Gasteiger partial charge in [0.05, 0.1) is 29.1 Å². The number of fused-ring (bicyclic) bond motifs is 1. The highest BCUT2D eigenvalue weighted by atomic mass is 35.5. The summed E-state index contributed by atoms with van der Waals surface area (Å²) in [7, 11) is -3.99. The first kappa shape index (κ1) is 23.8. The number of benzene rings is 2. The molecule has 172 valence electrons. The maximum absolute atomic E-state index is 13.2. The van der Waals surface area contributed by atoms with Gasteiger partial charge in [0.2, 0.25) is 0 Å². The van der Waals surface area contributed by atoms with E-state index in [4.69, 9.17) is 34.8 Å². The zero-order valence-corrected chi connectivity index (χ0v) is 20.9. The number of amides is 1. The van der Waals surface area contributed by atoms with Crippen molar-refractivity contribution in [3.05, 3.63) is 97.2 Å². The van der Waals surface area contributed by atoms with E-state index < -0.39 is 15.9 Å². The number of hydrogen-bond acceptors (Lipinski definition) is 6. The Morgan fingerprint density at radius 2 is 1.88 bits per heavy atom. The van der Waals surface area contributed by atoms with Crippen molar-refractivity contribution in [1.29, 1.82) is 0 Å². The molecular formula is C21H17Cl3N4O3S2. The third-order valence-corrected chi connectivity index (χ3v) is 7.83. The second-order valence-electron chi connectivity index (χ2n) is 7.12. The van der Waals surface area contributed by atoms with Crippen molar-refractivity contribution in [3.8, 4) is 0 Å². The van der Waals surface area contributed by atoms with Crippen LogP contribution in [-0.2, 0) is 16.6 Å². The molecule has 0 atom stereocenters. The van der Waals surface area contributed by atoms with E-state index in [1.165, 1.54) is 30.3 Å². The minimum Gasteiger partial charge on any atom is -0.348 e. The molecule has 2 aromatic carbocycles. The molecule has 0 unspecified atom stereocenters. The Morgan fingerprint density at radius 3 is 2.61 bits per heavy atom. The van der Waals surface area contributed by atoms with Crippen LogP contribution in [0.5, 0.6) is 0 Å². The molecule has 2 aromatic rings. The maximum Gasteiger partial charge on any atom is 0.264 e. The number of rotatable bonds is 6. The van der Waals surface area contributed by atoms with Gasteiger partial charge >= 0.3 is 0 Å². The molecule has 3 N–H and O–H groups in total. The minimum atomic E-state index is -3.99. The Bertz CT molecular complexity index is 1320. The van der Waals surface area contributed by atoms with Crippen molar-refractivity contribution in [2.75, 3.05) is 4.72 Å². The first-order chi connectivity index (χ1) is 15.7. The number of hydrogen-bond donors (Lipinski definition) is 3. The van der Waals surface area contributed by atoms with Gasteiger partial charge in [0.15, 0.2) is 0 Å². The second kappa shape index (κ2) is 9.52. The summed E-state index contributed by atoms with van der Waals surface area (Å²) in [5.41, 5.74) is 2.08. The normalized spacial score (nSPS) is 14.8. The summed E-state index contributed by atoms with van der Waals surface area (Å²) < 4.78 is 33.5. The van der Waals surface area contributed by atoms with Crippen LogP contribution in [0.25, 0.3) is 0 Å². The van der Waals surface area contributed by atoms with Gasteiger partial charge in [-0.1, -0.05) is 40.9 Å². The van der Waals surface area contributed by atoms with Gasteiger partial charge in [-0.15, -0.1) is 0 Å². The van der Waals surface area contributed by atoms with Crippen LogP contribution in [0.4, 0.5) is 5.69 Å². The topological polar surface area (TPSA) is 90.5 Å². The van der Waals surface area contributed by atoms with Gasteiger partial charge in [-0.2, -0.15) is 0 Å². The van der Waals surface area contributed by atoms with E-state index in [-0.39, 0.29) is 22.7 Å². The molecule has 2 aliphatic heterocycles. The highest BCUT2D eigenvalue weighted by Crippen LogP contribution is 2.34. The second-order valence-corrected chi connectivity index (χ2v) is 10.8. The molecular weight excluding hydrogens is 527 g/mol. The standard InChI is InChI=1S/C21H17Cl3N4O3S2/c1-12-4-5-14(21(29)25-10-15-16(23)8-13(22)9-17(15)24)18(7-12)27-33(30,31)20-3-2-6-28-19(20)11-26-32-28/h2-9,11,26-27H,10H2,1H3,(H,25,29). The monoisotopic (exact) mass is 542 g/mol. The molecule has 0 fully saturated rings. The largest absolute Gasteiger partial charge is 0.348 e. The lowest BCUT2D eigenvalue weighted by Crippen LogP contribution is -2.26. The fraction of sp³-hybridized carbons (Fsp3) is 0.0952. The van der Waals surface area contributed by atoms with E-state index in [1.807, 2.05) is 0 Å². The first-order valence-electron chi connectivity index (χ1n) is 9.51. The lowest BCUT2D eigenvalue weighted by molar-refractivity contribution is 0.0952. The van der Waals surface area contributed by atoms with E-state index in [1.54, 1.807) is 47.9 Å². The van der Waals surface area contributed by atoms with Crippen LogP contribution in [0.2, 0.25) is 15.1 Å². The van der Waals surface area contributed by atoms with Crippen molar-refractivity contribution in [1.82, 2.24) is 14.3 Å². The fourth-order valence-corrected chi connectivity index (χ4v) is 6.13. The first-order valence-corrected chi connectivity index (χ1v) is 12.9. The molecule has 1 amide bonds. The molecule has 0 aromatic heterocycles. The molecule has 2 aliphatic rings. The van der Waals surface area contributed by atoms with E-state index in [0.717, 1.165) is 5.56 Å². The van der Waals surface area contributed by atoms with Crippen molar-refractivity contribution < 1.29 is 13.2 Å². The maximum atomic E-state index is 13.2. The van der Waals surface area contributed by atoms with Crippen molar-refractivity contribution in [2.24, 2.45) is 0 Å². The molecule has 7 nitrogen and oxygen atoms in total. The Balaban J connectivity index is 1.59. The number of sulfonamides is 1. The predicted molar refractivity (Wildman–Crippen MR) is 134 cm³/mol. The molecule has 0 saturated carbocycles. The Labute approximate surface area is 210 Å². The number of aryl methyl sites for hydroxylation is 1. The third kappa shape index (κ3) is 5.12. The Hall–Kier alpha value is -2.30. The Morgan fingerprint density at radius 1 is 1.15 bits per heavy atom. The smallest absolute Gasteiger partial charge is 0.264 e. The van der Waals surface area contributed by atoms with Gasteiger partial charge in [0.1, 0.15) is 4.91 Å². The number of allylic oxidation sites excluding steroid dienone is 2. The molecule has 0 aliphatic carbocycles. The highest BCUT2D eigenvalue weighted by molar-refractivity contribution is 7.97. The van der Waals surface area contributed by atoms with E-state index in [2.05, 4.69) is 14.8 Å². The van der Waals surface area contributed by atoms with E-state index in [0.29, 0.717) is 26.3 Å². The van der Waals surface area contributed by atoms with Crippen LogP contribution >= 0.6 is 46.9 Å². The molecule has 33 heavy (non-hydrogen) atoms. The van der Waals surface area contributed by atoms with Crippen LogP contribution in [0.15, 0.2) is 65.5 Å². The summed E-state index contributed by atoms with van der Waals surface area (Å²) in [4.78, 5) is 13.0. The van der Waals surface area contributed by atoms with Gasteiger partial charge in [0.25, 0.3) is 15.9 Å². The van der Waals surface area contributed by atoms with Crippen LogP contribution in [0.1, 0.15) is 21.5 Å². The number of carbonyl (C=O) groups excluding carboxylic acids is 1. The number of carbonyl (C=O) groups is 1. The summed E-state index contributed by atoms with van der Waals surface area (Å²) in [5.74, 6) is -0.494. The van der Waals surface area contributed by atoms with Gasteiger partial charge < -0.3 is 10.0 Å². The zero-order valence-electron chi connectivity index (χ0n) is 17.0. The SMILES string of the molecule is Cc1ccc(C(=O)NCc2c(Cl)cc(Cl)cc2Cl)c(NS(=O)(=O)C2=CC=CN3SNC=C23)c1. The molecule has 4 rings (SSSR count). The van der Waals surface area contributed by atoms with E-state index >= 15 is 0 Å². The molecule has 0 saturated heterocycles. The van der Waals surface area contributed by atoms with Crippen LogP contribution in [0.3, 0.4) is 0 Å². The average molecular weight is 544 g/mol. The van der Waals surface area contributed by atoms with E-state index in [9.17, 15) is 13.2 Å². The predicted octanol–water partition coefficient (Wildman–Crippen LogP) is 5.35. The highest BCUT2D eigenvalue weighted by Gasteiger charge is 2.30. The summed E-state index contributed by atoms with van der Waals surface area (Å²) in [6, 6.07) is 7.94. The van der Waals surface area contributed by atoms with Gasteiger partial charge in [0, 0.05) is 39.6 Å². The van der Waals surface area contributed by atoms with Crippen molar-refractivity contribution >= 4 is 68.6 Å². The minimum absolute atomic E-state index is 0.0361. The summed E-state index contributed by atoms with van der Waals surface area (Å²) >= 11 is 19.6. The van der Waals surface area contributed by atoms with Gasteiger partial charge in [-0.05, 0) is 48.9 Å². The van der Waals surface area contributed by atoms with Crippen LogP contribution in [-0.4, -0.2) is 18.6 Å². The van der Waals surface area contributed by atoms with Crippen LogP contribution in [0, 0.1) is 6.92 Å². The molecule has 2 heterocycles. The van der Waals surface area contributed by atoms with Gasteiger partial charge in [-0.3, -0.25) is 13.8 Å². The average Bonchev–Trinajstić information content (AvgIpc) is 3.21. The molecule has 12 heteroatoms. The van der Waals surface area contributed by atoms with Crippen LogP contribution < -0.4 is 14.8 Å². The fourth-order valence-electron chi connectivity index (χ4n) is 3.21. The van der Waals surface area contributed by atoms with Crippen molar-refractivity contribution in [2.45, 2.75) is 13.5 Å². The molecule has 0 bridgehead atoms.